The molecule has 9 heteroatoms. The molecule has 182 valence electrons. The first-order valence-electron chi connectivity index (χ1n) is 11.9. The van der Waals surface area contributed by atoms with Crippen molar-refractivity contribution in [2.24, 2.45) is 0 Å². The van der Waals surface area contributed by atoms with Crippen molar-refractivity contribution in [2.45, 2.75) is 32.5 Å². The van der Waals surface area contributed by atoms with Crippen molar-refractivity contribution < 1.29 is 4.74 Å². The van der Waals surface area contributed by atoms with Gasteiger partial charge in [0.05, 0.1) is 24.9 Å². The third-order valence-electron chi connectivity index (χ3n) is 6.21. The molecule has 4 aromatic rings. The molecule has 2 aromatic carbocycles. The normalized spacial score (nSPS) is 15.6. The Bertz CT molecular complexity index is 1450. The van der Waals surface area contributed by atoms with Crippen LogP contribution in [0.3, 0.4) is 0 Å². The fourth-order valence-corrected chi connectivity index (χ4v) is 6.84. The van der Waals surface area contributed by atoms with Crippen LogP contribution in [0.5, 0.6) is 0 Å². The predicted molar refractivity (Wildman–Crippen MR) is 144 cm³/mol. The maximum Gasteiger partial charge on any atom is 0.250 e. The molecule has 36 heavy (non-hydrogen) atoms. The Kier molecular flexibility index (Phi) is 6.43. The quantitative estimate of drug-likeness (QED) is 0.319. The van der Waals surface area contributed by atoms with Crippen LogP contribution in [0.25, 0.3) is 11.3 Å². The summed E-state index contributed by atoms with van der Waals surface area (Å²) in [4.78, 5) is 31.3. The van der Waals surface area contributed by atoms with Crippen molar-refractivity contribution in [3.05, 3.63) is 83.2 Å². The molecule has 2 aromatic heterocycles. The summed E-state index contributed by atoms with van der Waals surface area (Å²) in [5.74, 6) is 0.764. The molecule has 2 N–H and O–H groups in total. The number of benzene rings is 2. The Morgan fingerprint density at radius 3 is 2.64 bits per heavy atom. The molecule has 1 fully saturated rings. The maximum absolute atomic E-state index is 12.6. The molecular formula is C27H25N5O2S2. The third-order valence-corrected chi connectivity index (χ3v) is 8.80. The van der Waals surface area contributed by atoms with Gasteiger partial charge in [-0.15, -0.1) is 0 Å². The number of pyridine rings is 1. The van der Waals surface area contributed by atoms with Crippen LogP contribution >= 0.6 is 23.5 Å². The third kappa shape index (κ3) is 4.74. The Hall–Kier alpha value is -3.27. The number of hydrogen-bond donors (Lipinski definition) is 2. The fourth-order valence-electron chi connectivity index (χ4n) is 4.43. The number of ether oxygens (including phenoxy) is 1. The molecule has 2 aliphatic rings. The molecular weight excluding hydrogens is 490 g/mol. The second-order valence-corrected chi connectivity index (χ2v) is 10.8. The summed E-state index contributed by atoms with van der Waals surface area (Å²) in [6, 6.07) is 18.3. The average Bonchev–Trinajstić information content (AvgIpc) is 2.92. The second-order valence-electron chi connectivity index (χ2n) is 8.69. The van der Waals surface area contributed by atoms with Gasteiger partial charge in [-0.25, -0.2) is 9.97 Å². The van der Waals surface area contributed by atoms with Crippen molar-refractivity contribution >= 4 is 34.9 Å². The Morgan fingerprint density at radius 2 is 1.81 bits per heavy atom. The zero-order valence-corrected chi connectivity index (χ0v) is 21.4. The SMILES string of the molecule is CC(Nc1ccc2c(c1)Sc1cccc(-c3cc(N4CCOCC4)cc(=O)[nH]3)c1S2)c1ncccn1. The highest BCUT2D eigenvalue weighted by atomic mass is 32.2. The summed E-state index contributed by atoms with van der Waals surface area (Å²) >= 11 is 3.50. The van der Waals surface area contributed by atoms with Crippen molar-refractivity contribution in [3.8, 4) is 11.3 Å². The van der Waals surface area contributed by atoms with Gasteiger partial charge in [0.25, 0.3) is 0 Å². The summed E-state index contributed by atoms with van der Waals surface area (Å²) in [6.45, 7) is 5.00. The van der Waals surface area contributed by atoms with Crippen LogP contribution in [-0.2, 0) is 4.74 Å². The number of rotatable bonds is 5. The van der Waals surface area contributed by atoms with E-state index in [1.54, 1.807) is 42.0 Å². The summed E-state index contributed by atoms with van der Waals surface area (Å²) < 4.78 is 5.48. The highest BCUT2D eigenvalue weighted by Crippen LogP contribution is 2.52. The van der Waals surface area contributed by atoms with Gasteiger partial charge in [-0.2, -0.15) is 0 Å². The Morgan fingerprint density at radius 1 is 0.972 bits per heavy atom. The molecule has 0 aliphatic carbocycles. The summed E-state index contributed by atoms with van der Waals surface area (Å²) in [7, 11) is 0. The molecule has 0 bridgehead atoms. The summed E-state index contributed by atoms with van der Waals surface area (Å²) in [6.07, 6.45) is 3.52. The van der Waals surface area contributed by atoms with Crippen LogP contribution in [0.15, 0.2) is 91.4 Å². The first-order chi connectivity index (χ1) is 17.6. The van der Waals surface area contributed by atoms with Gasteiger partial charge in [0.15, 0.2) is 0 Å². The van der Waals surface area contributed by atoms with E-state index in [0.29, 0.717) is 13.2 Å². The van der Waals surface area contributed by atoms with Crippen molar-refractivity contribution in [3.63, 3.8) is 0 Å². The molecule has 0 radical (unpaired) electrons. The van der Waals surface area contributed by atoms with Crippen LogP contribution < -0.4 is 15.8 Å². The van der Waals surface area contributed by atoms with E-state index < -0.39 is 0 Å². The Balaban J connectivity index is 1.28. The average molecular weight is 516 g/mol. The number of H-pyrrole nitrogens is 1. The smallest absolute Gasteiger partial charge is 0.250 e. The minimum Gasteiger partial charge on any atom is -0.378 e. The van der Waals surface area contributed by atoms with E-state index in [-0.39, 0.29) is 11.6 Å². The molecule has 2 aliphatic heterocycles. The van der Waals surface area contributed by atoms with E-state index in [0.717, 1.165) is 46.4 Å². The number of nitrogens with one attached hydrogen (secondary N) is 2. The van der Waals surface area contributed by atoms with Crippen LogP contribution in [0.2, 0.25) is 0 Å². The van der Waals surface area contributed by atoms with Crippen LogP contribution in [0.4, 0.5) is 11.4 Å². The molecule has 6 rings (SSSR count). The number of hydrogen-bond acceptors (Lipinski definition) is 8. The van der Waals surface area contributed by atoms with Crippen molar-refractivity contribution in [2.75, 3.05) is 36.5 Å². The van der Waals surface area contributed by atoms with Crippen LogP contribution in [0.1, 0.15) is 18.8 Å². The highest BCUT2D eigenvalue weighted by molar-refractivity contribution is 8.05. The number of fused-ring (bicyclic) bond motifs is 2. The first kappa shape index (κ1) is 23.1. The summed E-state index contributed by atoms with van der Waals surface area (Å²) in [5.41, 5.74) is 3.76. The standard InChI is InChI=1S/C27H25N5O2S2/c1-17(27-28-8-3-9-29-27)30-18-6-7-22-24(14-18)35-23-5-2-4-20(26(23)36-22)21-15-19(16-25(33)31-21)32-10-12-34-13-11-32/h2-9,14-17,30H,10-13H2,1H3,(H,31,33). The number of aromatic nitrogens is 3. The molecule has 0 amide bonds. The predicted octanol–water partition coefficient (Wildman–Crippen LogP) is 5.46. The number of nitrogens with zero attached hydrogens (tertiary/aromatic N) is 3. The fraction of sp³-hybridized carbons (Fsp3) is 0.222. The van der Waals surface area contributed by atoms with Gasteiger partial charge in [-0.1, -0.05) is 35.7 Å². The monoisotopic (exact) mass is 515 g/mol. The zero-order valence-electron chi connectivity index (χ0n) is 19.7. The molecule has 0 saturated carbocycles. The van der Waals surface area contributed by atoms with E-state index in [1.807, 2.05) is 6.07 Å². The minimum absolute atomic E-state index is 0.0000467. The van der Waals surface area contributed by atoms with Crippen molar-refractivity contribution in [1.82, 2.24) is 15.0 Å². The number of anilines is 2. The van der Waals surface area contributed by atoms with Crippen LogP contribution in [0, 0.1) is 0 Å². The largest absolute Gasteiger partial charge is 0.378 e. The van der Waals surface area contributed by atoms with E-state index in [2.05, 4.69) is 74.6 Å². The zero-order chi connectivity index (χ0) is 24.5. The van der Waals surface area contributed by atoms with Gasteiger partial charge >= 0.3 is 0 Å². The van der Waals surface area contributed by atoms with Gasteiger partial charge < -0.3 is 19.9 Å². The van der Waals surface area contributed by atoms with E-state index >= 15 is 0 Å². The van der Waals surface area contributed by atoms with Crippen LogP contribution in [-0.4, -0.2) is 41.3 Å². The molecule has 0 spiro atoms. The maximum atomic E-state index is 12.6. The van der Waals surface area contributed by atoms with E-state index in [9.17, 15) is 4.79 Å². The van der Waals surface area contributed by atoms with Crippen molar-refractivity contribution in [1.29, 1.82) is 0 Å². The van der Waals surface area contributed by atoms with Gasteiger partial charge in [0.2, 0.25) is 5.56 Å². The van der Waals surface area contributed by atoms with Gasteiger partial charge in [0.1, 0.15) is 5.82 Å². The molecule has 1 unspecified atom stereocenters. The minimum atomic E-state index is -0.0901. The molecule has 7 nitrogen and oxygen atoms in total. The molecule has 1 saturated heterocycles. The number of aromatic amines is 1. The Labute approximate surface area is 217 Å². The molecule has 1 atom stereocenters. The highest BCUT2D eigenvalue weighted by Gasteiger charge is 2.22. The topological polar surface area (TPSA) is 83.1 Å². The lowest BCUT2D eigenvalue weighted by atomic mass is 10.1. The lowest BCUT2D eigenvalue weighted by molar-refractivity contribution is 0.122. The van der Waals surface area contributed by atoms with Gasteiger partial charge in [0, 0.05) is 68.1 Å². The van der Waals surface area contributed by atoms with Gasteiger partial charge in [-0.3, -0.25) is 4.79 Å². The number of morpholine rings is 1. The second kappa shape index (κ2) is 10.0. The lowest BCUT2D eigenvalue weighted by Crippen LogP contribution is -2.36. The van der Waals surface area contributed by atoms with E-state index in [1.165, 1.54) is 14.7 Å². The lowest BCUT2D eigenvalue weighted by Gasteiger charge is -2.29. The first-order valence-corrected chi connectivity index (χ1v) is 13.5. The van der Waals surface area contributed by atoms with E-state index in [4.69, 9.17) is 4.74 Å². The van der Waals surface area contributed by atoms with Gasteiger partial charge in [-0.05, 0) is 43.3 Å². The molecule has 4 heterocycles. The summed E-state index contributed by atoms with van der Waals surface area (Å²) in [5, 5.41) is 3.51.